The highest BCUT2D eigenvalue weighted by Gasteiger charge is 2.09. The average Bonchev–Trinajstić information content (AvgIpc) is 2.53. The maximum absolute atomic E-state index is 3.68. The molecule has 0 aromatic heterocycles. The van der Waals surface area contributed by atoms with Crippen LogP contribution in [0.25, 0.3) is 0 Å². The van der Waals surface area contributed by atoms with E-state index < -0.39 is 0 Å². The predicted octanol–water partition coefficient (Wildman–Crippen LogP) is 4.99. The zero-order valence-electron chi connectivity index (χ0n) is 12.4. The molecule has 112 valence electrons. The Morgan fingerprint density at radius 2 is 1.76 bits per heavy atom. The minimum Gasteiger partial charge on any atom is -0.313 e. The number of hydrogen-bond acceptors (Lipinski definition) is 2. The Bertz CT molecular complexity index is 513. The quantitative estimate of drug-likeness (QED) is 0.485. The number of benzene rings is 2. The van der Waals surface area contributed by atoms with E-state index in [0.717, 1.165) is 18.7 Å². The summed E-state index contributed by atoms with van der Waals surface area (Å²) >= 11 is 4.29. The van der Waals surface area contributed by atoms with Gasteiger partial charge in [0, 0.05) is 20.3 Å². The molecule has 0 radical (unpaired) electrons. The lowest BCUT2D eigenvalue weighted by Crippen LogP contribution is -2.34. The molecule has 0 amide bonds. The Morgan fingerprint density at radius 1 is 1.05 bits per heavy atom. The summed E-state index contributed by atoms with van der Waals surface area (Å²) in [6.07, 6.45) is 2.27. The van der Waals surface area contributed by atoms with Gasteiger partial charge in [-0.05, 0) is 71.8 Å². The molecule has 2 aromatic carbocycles. The van der Waals surface area contributed by atoms with E-state index in [9.17, 15) is 0 Å². The van der Waals surface area contributed by atoms with Gasteiger partial charge in [-0.1, -0.05) is 37.3 Å². The molecule has 0 heterocycles. The van der Waals surface area contributed by atoms with Crippen LogP contribution in [0.5, 0.6) is 0 Å². The molecule has 0 aliphatic heterocycles. The van der Waals surface area contributed by atoms with E-state index in [1.165, 1.54) is 20.4 Å². The van der Waals surface area contributed by atoms with Gasteiger partial charge in [-0.15, -0.1) is 11.8 Å². The predicted molar refractivity (Wildman–Crippen MR) is 102 cm³/mol. The van der Waals surface area contributed by atoms with Crippen molar-refractivity contribution < 1.29 is 0 Å². The van der Waals surface area contributed by atoms with Crippen LogP contribution in [0.2, 0.25) is 0 Å². The Hall–Kier alpha value is -0.520. The van der Waals surface area contributed by atoms with Crippen molar-refractivity contribution in [3.63, 3.8) is 0 Å². The standard InChI is InChI=1S/C18H22INS/c1-2-12-20-17(13-15-8-10-16(19)11-9-15)14-21-18-6-4-3-5-7-18/h3-11,17,20H,2,12-14H2,1H3. The van der Waals surface area contributed by atoms with Gasteiger partial charge >= 0.3 is 0 Å². The van der Waals surface area contributed by atoms with Gasteiger partial charge in [0.2, 0.25) is 0 Å². The van der Waals surface area contributed by atoms with Crippen LogP contribution in [0.1, 0.15) is 18.9 Å². The van der Waals surface area contributed by atoms with E-state index in [1.54, 1.807) is 0 Å². The Kier molecular flexibility index (Phi) is 7.61. The third-order valence-corrected chi connectivity index (χ3v) is 5.17. The fourth-order valence-electron chi connectivity index (χ4n) is 2.16. The van der Waals surface area contributed by atoms with Crippen LogP contribution in [-0.2, 0) is 6.42 Å². The highest BCUT2D eigenvalue weighted by atomic mass is 127. The molecule has 21 heavy (non-hydrogen) atoms. The van der Waals surface area contributed by atoms with E-state index in [2.05, 4.69) is 89.4 Å². The van der Waals surface area contributed by atoms with Crippen molar-refractivity contribution >= 4 is 34.4 Å². The van der Waals surface area contributed by atoms with Gasteiger partial charge < -0.3 is 5.32 Å². The van der Waals surface area contributed by atoms with E-state index in [-0.39, 0.29) is 0 Å². The fraction of sp³-hybridized carbons (Fsp3) is 0.333. The van der Waals surface area contributed by atoms with Crippen LogP contribution in [0.15, 0.2) is 59.5 Å². The maximum Gasteiger partial charge on any atom is 0.0202 e. The first kappa shape index (κ1) is 16.8. The second kappa shape index (κ2) is 9.49. The number of thioether (sulfide) groups is 1. The van der Waals surface area contributed by atoms with Crippen molar-refractivity contribution in [2.24, 2.45) is 0 Å². The average molecular weight is 411 g/mol. The number of hydrogen-bond donors (Lipinski definition) is 1. The van der Waals surface area contributed by atoms with Crippen molar-refractivity contribution in [2.45, 2.75) is 30.7 Å². The summed E-state index contributed by atoms with van der Waals surface area (Å²) in [4.78, 5) is 1.35. The maximum atomic E-state index is 3.68. The lowest BCUT2D eigenvalue weighted by molar-refractivity contribution is 0.550. The summed E-state index contributed by atoms with van der Waals surface area (Å²) < 4.78 is 1.30. The molecule has 3 heteroatoms. The minimum atomic E-state index is 0.523. The van der Waals surface area contributed by atoms with Crippen molar-refractivity contribution in [3.05, 3.63) is 63.7 Å². The van der Waals surface area contributed by atoms with Gasteiger partial charge in [-0.25, -0.2) is 0 Å². The van der Waals surface area contributed by atoms with E-state index >= 15 is 0 Å². The number of rotatable bonds is 8. The highest BCUT2D eigenvalue weighted by molar-refractivity contribution is 14.1. The van der Waals surface area contributed by atoms with Crippen LogP contribution < -0.4 is 5.32 Å². The highest BCUT2D eigenvalue weighted by Crippen LogP contribution is 2.19. The zero-order chi connectivity index (χ0) is 14.9. The molecule has 0 saturated heterocycles. The molecule has 0 aliphatic carbocycles. The summed E-state index contributed by atoms with van der Waals surface area (Å²) in [5.41, 5.74) is 1.41. The first-order chi connectivity index (χ1) is 10.3. The monoisotopic (exact) mass is 411 g/mol. The molecule has 1 N–H and O–H groups in total. The molecule has 0 fully saturated rings. The normalized spacial score (nSPS) is 12.3. The molecular formula is C18H22INS. The summed E-state index contributed by atoms with van der Waals surface area (Å²) in [5, 5.41) is 3.68. The van der Waals surface area contributed by atoms with Gasteiger partial charge in [0.15, 0.2) is 0 Å². The van der Waals surface area contributed by atoms with E-state index in [1.807, 2.05) is 11.8 Å². The van der Waals surface area contributed by atoms with Crippen molar-refractivity contribution in [1.29, 1.82) is 0 Å². The van der Waals surface area contributed by atoms with Crippen LogP contribution in [0.3, 0.4) is 0 Å². The van der Waals surface area contributed by atoms with Crippen LogP contribution in [-0.4, -0.2) is 18.3 Å². The molecule has 0 saturated carbocycles. The summed E-state index contributed by atoms with van der Waals surface area (Å²) in [5.74, 6) is 1.11. The molecule has 1 unspecified atom stereocenters. The molecule has 2 aromatic rings. The molecular weight excluding hydrogens is 389 g/mol. The van der Waals surface area contributed by atoms with Crippen molar-refractivity contribution in [3.8, 4) is 0 Å². The largest absolute Gasteiger partial charge is 0.313 e. The Morgan fingerprint density at radius 3 is 2.43 bits per heavy atom. The molecule has 0 aliphatic rings. The van der Waals surface area contributed by atoms with Crippen LogP contribution >= 0.6 is 34.4 Å². The Balaban J connectivity index is 1.92. The molecule has 0 bridgehead atoms. The summed E-state index contributed by atoms with van der Waals surface area (Å²) in [6.45, 7) is 3.31. The molecule has 0 spiro atoms. The summed E-state index contributed by atoms with van der Waals surface area (Å²) in [6, 6.07) is 20.1. The smallest absolute Gasteiger partial charge is 0.0202 e. The lowest BCUT2D eigenvalue weighted by atomic mass is 10.1. The first-order valence-electron chi connectivity index (χ1n) is 7.43. The van der Waals surface area contributed by atoms with Gasteiger partial charge in [0.1, 0.15) is 0 Å². The molecule has 1 atom stereocenters. The van der Waals surface area contributed by atoms with Crippen LogP contribution in [0, 0.1) is 3.57 Å². The first-order valence-corrected chi connectivity index (χ1v) is 9.50. The third kappa shape index (κ3) is 6.41. The SMILES string of the molecule is CCCNC(CSc1ccccc1)Cc1ccc(I)cc1. The number of halogens is 1. The topological polar surface area (TPSA) is 12.0 Å². The second-order valence-electron chi connectivity index (χ2n) is 5.11. The molecule has 2 rings (SSSR count). The Labute approximate surface area is 146 Å². The third-order valence-electron chi connectivity index (χ3n) is 3.27. The lowest BCUT2D eigenvalue weighted by Gasteiger charge is -2.18. The second-order valence-corrected chi connectivity index (χ2v) is 7.44. The van der Waals surface area contributed by atoms with Gasteiger partial charge in [-0.2, -0.15) is 0 Å². The van der Waals surface area contributed by atoms with E-state index in [4.69, 9.17) is 0 Å². The summed E-state index contributed by atoms with van der Waals surface area (Å²) in [7, 11) is 0. The molecule has 1 nitrogen and oxygen atoms in total. The van der Waals surface area contributed by atoms with E-state index in [0.29, 0.717) is 6.04 Å². The van der Waals surface area contributed by atoms with Gasteiger partial charge in [0.05, 0.1) is 0 Å². The number of nitrogens with one attached hydrogen (secondary N) is 1. The van der Waals surface area contributed by atoms with Crippen LogP contribution in [0.4, 0.5) is 0 Å². The van der Waals surface area contributed by atoms with Gasteiger partial charge in [0.25, 0.3) is 0 Å². The zero-order valence-corrected chi connectivity index (χ0v) is 15.4. The van der Waals surface area contributed by atoms with Crippen molar-refractivity contribution in [1.82, 2.24) is 5.32 Å². The fourth-order valence-corrected chi connectivity index (χ4v) is 3.50. The minimum absolute atomic E-state index is 0.523. The van der Waals surface area contributed by atoms with Crippen molar-refractivity contribution in [2.75, 3.05) is 12.3 Å². The van der Waals surface area contributed by atoms with Gasteiger partial charge in [-0.3, -0.25) is 0 Å².